The zero-order valence-corrected chi connectivity index (χ0v) is 39.7. The van der Waals surface area contributed by atoms with E-state index >= 15 is 0 Å². The van der Waals surface area contributed by atoms with Crippen molar-refractivity contribution in [1.29, 1.82) is 0 Å². The molecule has 67 heavy (non-hydrogen) atoms. The van der Waals surface area contributed by atoms with Crippen molar-refractivity contribution in [2.75, 3.05) is 13.2 Å². The average Bonchev–Trinajstić information content (AvgIpc) is 3.26. The quantitative estimate of drug-likeness (QED) is 0.0838. The van der Waals surface area contributed by atoms with Gasteiger partial charge in [0, 0.05) is 0 Å². The lowest BCUT2D eigenvalue weighted by atomic mass is 9.33. The summed E-state index contributed by atoms with van der Waals surface area (Å²) in [6, 6.07) is 0. The Morgan fingerprint density at radius 1 is 0.642 bits per heavy atom. The first-order valence-electron chi connectivity index (χ1n) is 24.3. The number of carbonyl (C=O) groups excluding carboxylic acids is 1. The summed E-state index contributed by atoms with van der Waals surface area (Å²) >= 11 is 0. The Bertz CT molecular complexity index is 1870. The van der Waals surface area contributed by atoms with Crippen LogP contribution in [0.4, 0.5) is 0 Å². The number of hydrogen-bond donors (Lipinski definition) is 11. The number of rotatable bonds is 9. The van der Waals surface area contributed by atoms with Gasteiger partial charge in [-0.1, -0.05) is 60.1 Å². The van der Waals surface area contributed by atoms with Gasteiger partial charge in [-0.2, -0.15) is 0 Å². The van der Waals surface area contributed by atoms with Crippen LogP contribution in [0.25, 0.3) is 0 Å². The summed E-state index contributed by atoms with van der Waals surface area (Å²) < 4.78 is 35.7. The standard InChI is InChI=1S/C48H76O19/c1-43(2)14-16-48(42(61)67-40-35(58)31(54)29(52)24(20-50)63-40)17-15-46(6)21(22(48)18-43)8-9-26-45(5)12-11-27(44(3,4)25(45)10-13-47(26,46)7)64-41-37(33(56)32(55)36(65-41)38(59)60)66-39-34(57)30(53)28(51)23(19-49)62-39/h8,22-37,39-41,49-58H,9-20H2,1-7H3,(H,59,60)/t22-,23+,24+,25-,26+,27-,28+,29+,30-,31-,32-,33-,34+,35+,36-,37+,39-,40-,41+,45-,46+,47+,48+/m0/s1. The van der Waals surface area contributed by atoms with Crippen molar-refractivity contribution in [3.63, 3.8) is 0 Å². The van der Waals surface area contributed by atoms with Gasteiger partial charge in [-0.3, -0.25) is 4.79 Å². The lowest BCUT2D eigenvalue weighted by Gasteiger charge is -2.71. The Labute approximate surface area is 391 Å². The number of hydrogen-bond acceptors (Lipinski definition) is 18. The molecule has 7 fully saturated rings. The van der Waals surface area contributed by atoms with Crippen LogP contribution in [-0.2, 0) is 38.0 Å². The third kappa shape index (κ3) is 8.06. The van der Waals surface area contributed by atoms with Crippen LogP contribution >= 0.6 is 0 Å². The van der Waals surface area contributed by atoms with E-state index in [9.17, 15) is 65.8 Å². The first-order chi connectivity index (χ1) is 31.2. The summed E-state index contributed by atoms with van der Waals surface area (Å²) in [4.78, 5) is 27.0. The molecular formula is C48H76O19. The molecule has 0 aromatic rings. The van der Waals surface area contributed by atoms with Gasteiger partial charge in [0.2, 0.25) is 6.29 Å². The van der Waals surface area contributed by atoms with E-state index in [0.29, 0.717) is 25.7 Å². The summed E-state index contributed by atoms with van der Waals surface area (Å²) in [5.41, 5.74) is -1.05. The van der Waals surface area contributed by atoms with Crippen LogP contribution in [0.5, 0.6) is 0 Å². The smallest absolute Gasteiger partial charge is 0.335 e. The molecule has 0 unspecified atom stereocenters. The van der Waals surface area contributed by atoms with Crippen molar-refractivity contribution >= 4 is 11.9 Å². The molecule has 8 rings (SSSR count). The van der Waals surface area contributed by atoms with E-state index in [1.54, 1.807) is 0 Å². The number of aliphatic carboxylic acids is 1. The molecule has 3 heterocycles. The van der Waals surface area contributed by atoms with E-state index in [1.807, 2.05) is 0 Å². The minimum atomic E-state index is -1.98. The highest BCUT2D eigenvalue weighted by Crippen LogP contribution is 2.76. The first kappa shape index (κ1) is 51.4. The van der Waals surface area contributed by atoms with E-state index < -0.39 is 134 Å². The number of allylic oxidation sites excluding steroid dienone is 2. The summed E-state index contributed by atoms with van der Waals surface area (Å²) in [5.74, 6) is -1.94. The van der Waals surface area contributed by atoms with Gasteiger partial charge in [0.1, 0.15) is 67.1 Å². The lowest BCUT2D eigenvalue weighted by Crippen LogP contribution is -2.67. The first-order valence-corrected chi connectivity index (χ1v) is 24.3. The molecule has 0 bridgehead atoms. The van der Waals surface area contributed by atoms with Gasteiger partial charge in [0.15, 0.2) is 18.7 Å². The molecule has 0 radical (unpaired) electrons. The predicted octanol–water partition coefficient (Wildman–Crippen LogP) is 0.233. The van der Waals surface area contributed by atoms with Crippen molar-refractivity contribution in [3.05, 3.63) is 11.6 Å². The zero-order chi connectivity index (χ0) is 49.1. The highest BCUT2D eigenvalue weighted by molar-refractivity contribution is 5.79. The molecule has 19 nitrogen and oxygen atoms in total. The zero-order valence-electron chi connectivity index (χ0n) is 39.7. The number of esters is 1. The molecule has 8 aliphatic rings. The predicted molar refractivity (Wildman–Crippen MR) is 231 cm³/mol. The van der Waals surface area contributed by atoms with E-state index in [2.05, 4.69) is 54.5 Å². The third-order valence-corrected chi connectivity index (χ3v) is 19.3. The Morgan fingerprint density at radius 3 is 1.85 bits per heavy atom. The molecule has 0 spiro atoms. The monoisotopic (exact) mass is 956 g/mol. The van der Waals surface area contributed by atoms with Crippen LogP contribution in [0.15, 0.2) is 11.6 Å². The van der Waals surface area contributed by atoms with Crippen molar-refractivity contribution in [1.82, 2.24) is 0 Å². The largest absolute Gasteiger partial charge is 0.479 e. The van der Waals surface area contributed by atoms with Gasteiger partial charge < -0.3 is 84.6 Å². The second-order valence-electron chi connectivity index (χ2n) is 23.5. The van der Waals surface area contributed by atoms with Crippen molar-refractivity contribution in [3.8, 4) is 0 Å². The number of ether oxygens (including phenoxy) is 6. The molecule has 3 saturated heterocycles. The Balaban J connectivity index is 1.05. The van der Waals surface area contributed by atoms with E-state index in [-0.39, 0.29) is 39.4 Å². The van der Waals surface area contributed by atoms with Crippen LogP contribution in [-0.4, -0.2) is 180 Å². The Morgan fingerprint density at radius 2 is 1.24 bits per heavy atom. The normalized spacial score (nSPS) is 52.6. The molecule has 0 aromatic heterocycles. The fourth-order valence-electron chi connectivity index (χ4n) is 15.0. The summed E-state index contributed by atoms with van der Waals surface area (Å²) in [6.07, 6.45) is -16.4. The molecule has 382 valence electrons. The molecule has 19 heteroatoms. The number of fused-ring (bicyclic) bond motifs is 7. The Hall–Kier alpha value is -1.92. The highest BCUT2D eigenvalue weighted by atomic mass is 16.8. The van der Waals surface area contributed by atoms with Crippen LogP contribution in [0.2, 0.25) is 0 Å². The highest BCUT2D eigenvalue weighted by Gasteiger charge is 2.70. The fourth-order valence-corrected chi connectivity index (χ4v) is 15.0. The fraction of sp³-hybridized carbons (Fsp3) is 0.917. The second-order valence-corrected chi connectivity index (χ2v) is 23.5. The maximum Gasteiger partial charge on any atom is 0.335 e. The summed E-state index contributed by atoms with van der Waals surface area (Å²) in [6.45, 7) is 14.4. The van der Waals surface area contributed by atoms with Crippen LogP contribution in [0.3, 0.4) is 0 Å². The van der Waals surface area contributed by atoms with Gasteiger partial charge in [0.25, 0.3) is 0 Å². The Kier molecular flexibility index (Phi) is 13.8. The number of carboxylic acid groups (broad SMARTS) is 1. The van der Waals surface area contributed by atoms with Gasteiger partial charge in [-0.15, -0.1) is 0 Å². The van der Waals surface area contributed by atoms with Gasteiger partial charge >= 0.3 is 11.9 Å². The van der Waals surface area contributed by atoms with Crippen LogP contribution in [0.1, 0.15) is 113 Å². The summed E-state index contributed by atoms with van der Waals surface area (Å²) in [7, 11) is 0. The van der Waals surface area contributed by atoms with E-state index in [4.69, 9.17) is 28.4 Å². The maximum atomic E-state index is 14.7. The van der Waals surface area contributed by atoms with Crippen molar-refractivity contribution < 1.29 is 94.2 Å². The maximum absolute atomic E-state index is 14.7. The topological polar surface area (TPSA) is 312 Å². The number of carbonyl (C=O) groups is 2. The number of carboxylic acids is 1. The molecule has 3 aliphatic heterocycles. The SMILES string of the molecule is CC1(C)CC[C@@]2(C(=O)O[C@@H]3O[C@H](CO)[C@@H](O)[C@H](O)[C@H]3O)CC[C@]3(C)C(=CC[C@@H]4[C@@]5(C)CC[C@H](O[C@@H]6O[C@H](C(=O)O)[C@@H](O)[C@H](O)[C@H]6O[C@@H]6O[C@H](CO)[C@@H](O)[C@H](O)[C@H]6O)C(C)(C)[C@@H]5CC[C@]43C)[C@@H]2C1. The summed E-state index contributed by atoms with van der Waals surface area (Å²) in [5, 5.41) is 115. The number of aliphatic hydroxyl groups is 10. The van der Waals surface area contributed by atoms with Gasteiger partial charge in [0.05, 0.1) is 24.7 Å². The van der Waals surface area contributed by atoms with Crippen molar-refractivity contribution in [2.24, 2.45) is 50.2 Å². The molecule has 0 amide bonds. The molecule has 5 aliphatic carbocycles. The number of aliphatic hydroxyl groups excluding tert-OH is 10. The van der Waals surface area contributed by atoms with E-state index in [0.717, 1.165) is 38.5 Å². The molecule has 0 aromatic carbocycles. The van der Waals surface area contributed by atoms with Crippen LogP contribution in [0, 0.1) is 50.2 Å². The second kappa shape index (κ2) is 18.0. The molecular weight excluding hydrogens is 881 g/mol. The lowest BCUT2D eigenvalue weighted by molar-refractivity contribution is -0.374. The minimum Gasteiger partial charge on any atom is -0.479 e. The third-order valence-electron chi connectivity index (χ3n) is 19.3. The van der Waals surface area contributed by atoms with E-state index in [1.165, 1.54) is 5.57 Å². The molecule has 11 N–H and O–H groups in total. The van der Waals surface area contributed by atoms with Crippen molar-refractivity contribution in [2.45, 2.75) is 211 Å². The van der Waals surface area contributed by atoms with Crippen LogP contribution < -0.4 is 0 Å². The minimum absolute atomic E-state index is 0.0828. The molecule has 4 saturated carbocycles. The van der Waals surface area contributed by atoms with Gasteiger partial charge in [-0.05, 0) is 109 Å². The average molecular weight is 957 g/mol. The molecule has 23 atom stereocenters. The van der Waals surface area contributed by atoms with Gasteiger partial charge in [-0.25, -0.2) is 4.79 Å².